The lowest BCUT2D eigenvalue weighted by Crippen LogP contribution is -2.29. The molecule has 0 spiro atoms. The second-order valence-corrected chi connectivity index (χ2v) is 5.67. The van der Waals surface area contributed by atoms with Crippen LogP contribution in [-0.4, -0.2) is 47.8 Å². The van der Waals surface area contributed by atoms with E-state index in [0.717, 1.165) is 5.39 Å². The normalized spacial score (nSPS) is 11.8. The number of esters is 1. The fourth-order valence-electron chi connectivity index (χ4n) is 2.72. The Hall–Kier alpha value is -3.03. The predicted molar refractivity (Wildman–Crippen MR) is 94.9 cm³/mol. The van der Waals surface area contributed by atoms with Crippen LogP contribution < -0.4 is 10.2 Å². The lowest BCUT2D eigenvalue weighted by atomic mass is 10.1. The zero-order valence-electron chi connectivity index (χ0n) is 14.7. The highest BCUT2D eigenvalue weighted by Gasteiger charge is 2.18. The van der Waals surface area contributed by atoms with E-state index in [2.05, 4.69) is 5.43 Å². The molecule has 1 aromatic carbocycles. The highest BCUT2D eigenvalue weighted by atomic mass is 16.5. The molecule has 140 valence electrons. The summed E-state index contributed by atoms with van der Waals surface area (Å²) in [4.78, 5) is 33.9. The van der Waals surface area contributed by atoms with Gasteiger partial charge in [0.15, 0.2) is 0 Å². The highest BCUT2D eigenvalue weighted by Crippen LogP contribution is 2.29. The van der Waals surface area contributed by atoms with Crippen LogP contribution in [-0.2, 0) is 25.5 Å². The number of aliphatic carboxylic acids is 1. The number of methoxy groups -OCH3 is 1. The van der Waals surface area contributed by atoms with E-state index < -0.39 is 12.0 Å². The van der Waals surface area contributed by atoms with Crippen LogP contribution in [0.4, 0.5) is 0 Å². The summed E-state index contributed by atoms with van der Waals surface area (Å²) in [5.41, 5.74) is 4.36. The smallest absolute Gasteiger partial charge is 0.310 e. The fraction of sp³-hybridized carbons (Fsp3) is 0.389. The molecule has 0 aliphatic rings. The van der Waals surface area contributed by atoms with Gasteiger partial charge in [-0.05, 0) is 25.0 Å². The third-order valence-electron chi connectivity index (χ3n) is 3.87. The maximum Gasteiger partial charge on any atom is 0.310 e. The minimum Gasteiger partial charge on any atom is -0.494 e. The van der Waals surface area contributed by atoms with E-state index in [4.69, 9.17) is 14.6 Å². The largest absolute Gasteiger partial charge is 0.494 e. The third-order valence-corrected chi connectivity index (χ3v) is 3.87. The lowest BCUT2D eigenvalue weighted by Gasteiger charge is -2.16. The Morgan fingerprint density at radius 3 is 2.77 bits per heavy atom. The van der Waals surface area contributed by atoms with E-state index in [0.29, 0.717) is 29.7 Å². The number of carboxylic acid groups (broad SMARTS) is 1. The van der Waals surface area contributed by atoms with Gasteiger partial charge < -0.3 is 24.8 Å². The molecule has 0 unspecified atom stereocenters. The number of nitrogens with zero attached hydrogens (tertiary/aromatic N) is 1. The van der Waals surface area contributed by atoms with Gasteiger partial charge in [-0.3, -0.25) is 14.3 Å². The average molecular weight is 362 g/mol. The van der Waals surface area contributed by atoms with Crippen LogP contribution in [0.1, 0.15) is 25.3 Å². The van der Waals surface area contributed by atoms with Gasteiger partial charge in [0.2, 0.25) is 0 Å². The van der Waals surface area contributed by atoms with Crippen LogP contribution >= 0.6 is 0 Å². The van der Waals surface area contributed by atoms with Gasteiger partial charge in [-0.15, -0.1) is 0 Å². The van der Waals surface area contributed by atoms with Crippen LogP contribution in [0.5, 0.6) is 5.75 Å². The molecule has 0 aliphatic carbocycles. The lowest BCUT2D eigenvalue weighted by molar-refractivity contribution is -0.142. The second-order valence-electron chi connectivity index (χ2n) is 5.67. The summed E-state index contributed by atoms with van der Waals surface area (Å²) in [7, 11) is 1.53. The Kier molecular flexibility index (Phi) is 6.60. The maximum atomic E-state index is 11.9. The minimum absolute atomic E-state index is 0.0765. The highest BCUT2D eigenvalue weighted by molar-refractivity contribution is 5.92. The molecular weight excluding hydrogens is 340 g/mol. The number of carboxylic acids is 1. The second kappa shape index (κ2) is 8.89. The van der Waals surface area contributed by atoms with Crippen molar-refractivity contribution in [3.05, 3.63) is 30.0 Å². The van der Waals surface area contributed by atoms with Gasteiger partial charge >= 0.3 is 11.9 Å². The number of fused-ring (bicyclic) bond motifs is 1. The topological polar surface area (TPSA) is 107 Å². The van der Waals surface area contributed by atoms with Crippen LogP contribution in [0, 0.1) is 0 Å². The number of hydrogen-bond donors (Lipinski definition) is 2. The first-order chi connectivity index (χ1) is 12.5. The van der Waals surface area contributed by atoms with Crippen LogP contribution in [0.15, 0.2) is 24.4 Å². The van der Waals surface area contributed by atoms with Gasteiger partial charge in [0.05, 0.1) is 26.2 Å². The molecule has 2 N–H and O–H groups in total. The SMILES string of the molecule is CCOC(=O)Cc1cn(N[C@H](C=O)CCC(=O)O)c2c(OC)cccc12. The molecule has 1 heterocycles. The molecule has 2 aromatic rings. The number of benzene rings is 1. The van der Waals surface area contributed by atoms with E-state index in [-0.39, 0.29) is 25.2 Å². The van der Waals surface area contributed by atoms with Crippen molar-refractivity contribution in [2.24, 2.45) is 0 Å². The number of ether oxygens (including phenoxy) is 2. The van der Waals surface area contributed by atoms with Crippen LogP contribution in [0.25, 0.3) is 10.9 Å². The molecule has 0 radical (unpaired) electrons. The number of carbonyl (C=O) groups is 3. The zero-order valence-corrected chi connectivity index (χ0v) is 14.7. The van der Waals surface area contributed by atoms with Crippen molar-refractivity contribution in [3.8, 4) is 5.75 Å². The van der Waals surface area contributed by atoms with Gasteiger partial charge in [0.1, 0.15) is 17.6 Å². The summed E-state index contributed by atoms with van der Waals surface area (Å²) in [5, 5.41) is 9.59. The molecular formula is C18H22N2O6. The monoisotopic (exact) mass is 362 g/mol. The van der Waals surface area contributed by atoms with Gasteiger partial charge in [0.25, 0.3) is 0 Å². The number of hydrogen-bond acceptors (Lipinski definition) is 6. The first-order valence-electron chi connectivity index (χ1n) is 8.26. The summed E-state index contributed by atoms with van der Waals surface area (Å²) in [6, 6.07) is 4.73. The van der Waals surface area contributed by atoms with Crippen LogP contribution in [0.2, 0.25) is 0 Å². The fourth-order valence-corrected chi connectivity index (χ4v) is 2.72. The summed E-state index contributed by atoms with van der Waals surface area (Å²) in [6.45, 7) is 2.03. The minimum atomic E-state index is -0.975. The molecule has 0 saturated heterocycles. The van der Waals surface area contributed by atoms with Crippen LogP contribution in [0.3, 0.4) is 0 Å². The molecule has 8 nitrogen and oxygen atoms in total. The quantitative estimate of drug-likeness (QED) is 0.489. The van der Waals surface area contributed by atoms with Crippen molar-refractivity contribution in [1.29, 1.82) is 0 Å². The number of carbonyl (C=O) groups excluding carboxylic acids is 2. The molecule has 1 atom stereocenters. The zero-order chi connectivity index (χ0) is 19.1. The van der Waals surface area contributed by atoms with E-state index in [1.165, 1.54) is 7.11 Å². The molecule has 0 saturated carbocycles. The van der Waals surface area contributed by atoms with Crippen molar-refractivity contribution >= 4 is 29.1 Å². The Morgan fingerprint density at radius 1 is 1.38 bits per heavy atom. The summed E-state index contributed by atoms with van der Waals surface area (Å²) < 4.78 is 12.0. The van der Waals surface area contributed by atoms with E-state index in [1.54, 1.807) is 23.9 Å². The van der Waals surface area contributed by atoms with Gasteiger partial charge in [0, 0.05) is 18.0 Å². The molecule has 2 rings (SSSR count). The van der Waals surface area contributed by atoms with E-state index in [1.807, 2.05) is 12.1 Å². The Morgan fingerprint density at radius 2 is 2.15 bits per heavy atom. The standard InChI is InChI=1S/C18H22N2O6/c1-3-26-17(24)9-12-10-20(19-13(11-21)7-8-16(22)23)18-14(12)5-4-6-15(18)25-2/h4-6,10-11,13,19H,3,7-9H2,1-2H3,(H,22,23)/t13-/m0/s1. The number of nitrogens with one attached hydrogen (secondary N) is 1. The first kappa shape index (κ1) is 19.3. The van der Waals surface area contributed by atoms with Crippen molar-refractivity contribution < 1.29 is 29.0 Å². The number of aromatic nitrogens is 1. The van der Waals surface area contributed by atoms with Crippen molar-refractivity contribution in [3.63, 3.8) is 0 Å². The molecule has 0 amide bonds. The Balaban J connectivity index is 2.39. The van der Waals surface area contributed by atoms with Gasteiger partial charge in [-0.25, -0.2) is 0 Å². The van der Waals surface area contributed by atoms with Gasteiger partial charge in [-0.1, -0.05) is 12.1 Å². The molecule has 26 heavy (non-hydrogen) atoms. The molecule has 0 bridgehead atoms. The van der Waals surface area contributed by atoms with E-state index >= 15 is 0 Å². The summed E-state index contributed by atoms with van der Waals surface area (Å²) in [5.74, 6) is -0.767. The molecule has 0 fully saturated rings. The maximum absolute atomic E-state index is 11.9. The Bertz CT molecular complexity index is 798. The summed E-state index contributed by atoms with van der Waals surface area (Å²) in [6.07, 6.45) is 2.44. The molecule has 8 heteroatoms. The van der Waals surface area contributed by atoms with E-state index in [9.17, 15) is 14.4 Å². The predicted octanol–water partition coefficient (Wildman–Crippen LogP) is 1.73. The number of aldehydes is 1. The molecule has 0 aliphatic heterocycles. The van der Waals surface area contributed by atoms with Crippen molar-refractivity contribution in [1.82, 2.24) is 4.68 Å². The number of para-hydroxylation sites is 1. The van der Waals surface area contributed by atoms with Crippen molar-refractivity contribution in [2.45, 2.75) is 32.2 Å². The molecule has 1 aromatic heterocycles. The van der Waals surface area contributed by atoms with Crippen molar-refractivity contribution in [2.75, 3.05) is 19.1 Å². The Labute approximate surface area is 150 Å². The number of rotatable bonds is 10. The third kappa shape index (κ3) is 4.53. The average Bonchev–Trinajstić information content (AvgIpc) is 2.96. The van der Waals surface area contributed by atoms with Gasteiger partial charge in [-0.2, -0.15) is 0 Å². The summed E-state index contributed by atoms with van der Waals surface area (Å²) >= 11 is 0. The first-order valence-corrected chi connectivity index (χ1v) is 8.26.